The van der Waals surface area contributed by atoms with Gasteiger partial charge < -0.3 is 4.74 Å². The smallest absolute Gasteiger partial charge is 0.453 e. The molecule has 0 bridgehead atoms. The molecule has 0 spiro atoms. The van der Waals surface area contributed by atoms with Gasteiger partial charge in [0.05, 0.1) is 6.61 Å². The van der Waals surface area contributed by atoms with Crippen molar-refractivity contribution in [1.29, 1.82) is 0 Å². The highest BCUT2D eigenvalue weighted by Gasteiger charge is 2.48. The predicted octanol–water partition coefficient (Wildman–Crippen LogP) is 0.816. The van der Waals surface area contributed by atoms with Gasteiger partial charge in [0.15, 0.2) is 0 Å². The lowest BCUT2D eigenvalue weighted by molar-refractivity contribution is -0.176. The summed E-state index contributed by atoms with van der Waals surface area (Å²) >= 11 is 0. The van der Waals surface area contributed by atoms with Gasteiger partial charge in [-0.3, -0.25) is 4.79 Å². The van der Waals surface area contributed by atoms with Crippen molar-refractivity contribution in [2.75, 3.05) is 6.61 Å². The van der Waals surface area contributed by atoms with Crippen molar-refractivity contribution in [2.45, 2.75) is 19.1 Å². The molecular formula is C6H6F3NO4. The van der Waals surface area contributed by atoms with E-state index in [2.05, 4.69) is 4.74 Å². The summed E-state index contributed by atoms with van der Waals surface area (Å²) < 4.78 is 39.2. The molecule has 0 radical (unpaired) electrons. The lowest BCUT2D eigenvalue weighted by atomic mass is 10.2. The van der Waals surface area contributed by atoms with E-state index in [4.69, 9.17) is 0 Å². The van der Waals surface area contributed by atoms with Crippen LogP contribution in [0.3, 0.4) is 0 Å². The summed E-state index contributed by atoms with van der Waals surface area (Å²) in [5.74, 6) is -4.12. The Morgan fingerprint density at radius 3 is 2.21 bits per heavy atom. The Labute approximate surface area is 76.2 Å². The number of halogens is 3. The number of esters is 1. The molecule has 1 unspecified atom stereocenters. The van der Waals surface area contributed by atoms with Crippen LogP contribution in [0.15, 0.2) is 5.18 Å². The van der Waals surface area contributed by atoms with Crippen molar-refractivity contribution in [3.8, 4) is 0 Å². The SMILES string of the molecule is CCOC(=O)C(N=O)C(=O)C(F)(F)F. The van der Waals surface area contributed by atoms with Crippen molar-refractivity contribution < 1.29 is 27.5 Å². The molecular weight excluding hydrogens is 207 g/mol. The van der Waals surface area contributed by atoms with Crippen molar-refractivity contribution in [2.24, 2.45) is 5.18 Å². The van der Waals surface area contributed by atoms with Crippen LogP contribution in [0.25, 0.3) is 0 Å². The molecule has 0 aliphatic rings. The third-order valence-electron chi connectivity index (χ3n) is 1.14. The van der Waals surface area contributed by atoms with Crippen LogP contribution in [-0.4, -0.2) is 30.6 Å². The van der Waals surface area contributed by atoms with Gasteiger partial charge in [-0.1, -0.05) is 0 Å². The van der Waals surface area contributed by atoms with Gasteiger partial charge in [0, 0.05) is 0 Å². The molecule has 0 rings (SSSR count). The van der Waals surface area contributed by atoms with Crippen LogP contribution >= 0.6 is 0 Å². The number of nitroso groups, excluding NO2 is 1. The minimum Gasteiger partial charge on any atom is -0.464 e. The molecule has 0 saturated heterocycles. The quantitative estimate of drug-likeness (QED) is 0.393. The molecule has 0 saturated carbocycles. The Bertz CT molecular complexity index is 250. The summed E-state index contributed by atoms with van der Waals surface area (Å²) in [6, 6.07) is -2.66. The van der Waals surface area contributed by atoms with Crippen LogP contribution in [0.1, 0.15) is 6.92 Å². The second-order valence-corrected chi connectivity index (χ2v) is 2.12. The van der Waals surface area contributed by atoms with E-state index >= 15 is 0 Å². The maximum absolute atomic E-state index is 11.7. The van der Waals surface area contributed by atoms with Crippen LogP contribution in [0.5, 0.6) is 0 Å². The molecule has 14 heavy (non-hydrogen) atoms. The summed E-state index contributed by atoms with van der Waals surface area (Å²) in [6.45, 7) is 1.08. The van der Waals surface area contributed by atoms with E-state index in [0.29, 0.717) is 0 Å². The van der Waals surface area contributed by atoms with Crippen LogP contribution in [-0.2, 0) is 14.3 Å². The number of ketones is 1. The van der Waals surface area contributed by atoms with Crippen LogP contribution in [0.2, 0.25) is 0 Å². The maximum atomic E-state index is 11.7. The lowest BCUT2D eigenvalue weighted by Crippen LogP contribution is -2.39. The lowest BCUT2D eigenvalue weighted by Gasteiger charge is -2.09. The van der Waals surface area contributed by atoms with Crippen molar-refractivity contribution >= 4 is 11.8 Å². The Balaban J connectivity index is 4.65. The summed E-state index contributed by atoms with van der Waals surface area (Å²) in [7, 11) is 0. The van der Waals surface area contributed by atoms with Crippen molar-refractivity contribution in [3.63, 3.8) is 0 Å². The highest BCUT2D eigenvalue weighted by atomic mass is 19.4. The number of carbonyl (C=O) groups is 2. The Kier molecular flexibility index (Phi) is 4.19. The molecule has 0 aromatic heterocycles. The largest absolute Gasteiger partial charge is 0.464 e. The number of rotatable bonds is 4. The van der Waals surface area contributed by atoms with Crippen molar-refractivity contribution in [1.82, 2.24) is 0 Å². The van der Waals surface area contributed by atoms with E-state index in [9.17, 15) is 27.7 Å². The second-order valence-electron chi connectivity index (χ2n) is 2.12. The number of nitrogens with zero attached hydrogens (tertiary/aromatic N) is 1. The average Bonchev–Trinajstić information content (AvgIpc) is 2.04. The van der Waals surface area contributed by atoms with Gasteiger partial charge in [-0.15, -0.1) is 4.91 Å². The summed E-state index contributed by atoms with van der Waals surface area (Å²) in [5.41, 5.74) is 0. The maximum Gasteiger partial charge on any atom is 0.453 e. The molecule has 0 fully saturated rings. The van der Waals surface area contributed by atoms with E-state index in [1.807, 2.05) is 0 Å². The first-order chi connectivity index (χ1) is 6.34. The van der Waals surface area contributed by atoms with E-state index < -0.39 is 24.0 Å². The zero-order valence-corrected chi connectivity index (χ0v) is 7.00. The monoisotopic (exact) mass is 213 g/mol. The third-order valence-corrected chi connectivity index (χ3v) is 1.14. The number of alkyl halides is 3. The topological polar surface area (TPSA) is 72.8 Å². The molecule has 0 aliphatic carbocycles. The van der Waals surface area contributed by atoms with Gasteiger partial charge in [0.25, 0.3) is 11.8 Å². The summed E-state index contributed by atoms with van der Waals surface area (Å²) in [5, 5.41) is 1.78. The standard InChI is InChI=1S/C6H6F3NO4/c1-2-14-5(12)3(10-13)4(11)6(7,8)9/h3H,2H2,1H3. The summed E-state index contributed by atoms with van der Waals surface area (Å²) in [4.78, 5) is 30.9. The van der Waals surface area contributed by atoms with Crippen LogP contribution in [0, 0.1) is 4.91 Å². The molecule has 0 N–H and O–H groups in total. The Morgan fingerprint density at radius 2 is 1.93 bits per heavy atom. The van der Waals surface area contributed by atoms with Gasteiger partial charge in [-0.2, -0.15) is 13.2 Å². The minimum absolute atomic E-state index is 0.240. The first-order valence-corrected chi connectivity index (χ1v) is 3.44. The Hall–Kier alpha value is -1.47. The van der Waals surface area contributed by atoms with E-state index in [1.54, 1.807) is 5.18 Å². The number of ether oxygens (including phenoxy) is 1. The van der Waals surface area contributed by atoms with Crippen LogP contribution in [0.4, 0.5) is 13.2 Å². The Morgan fingerprint density at radius 1 is 1.43 bits per heavy atom. The number of hydrogen-bond acceptors (Lipinski definition) is 5. The van der Waals surface area contributed by atoms with Gasteiger partial charge in [-0.05, 0) is 12.1 Å². The molecule has 0 aliphatic heterocycles. The van der Waals surface area contributed by atoms with Gasteiger partial charge in [-0.25, -0.2) is 4.79 Å². The van der Waals surface area contributed by atoms with E-state index in [0.717, 1.165) is 0 Å². The highest BCUT2D eigenvalue weighted by molar-refractivity contribution is 6.05. The highest BCUT2D eigenvalue weighted by Crippen LogP contribution is 2.19. The molecule has 1 atom stereocenters. The molecule has 0 heterocycles. The number of hydrogen-bond donors (Lipinski definition) is 0. The van der Waals surface area contributed by atoms with Gasteiger partial charge >= 0.3 is 12.1 Å². The zero-order valence-electron chi connectivity index (χ0n) is 7.00. The first-order valence-electron chi connectivity index (χ1n) is 3.44. The molecule has 8 heteroatoms. The second kappa shape index (κ2) is 4.68. The fourth-order valence-electron chi connectivity index (χ4n) is 0.574. The zero-order chi connectivity index (χ0) is 11.4. The molecule has 5 nitrogen and oxygen atoms in total. The van der Waals surface area contributed by atoms with Crippen molar-refractivity contribution in [3.05, 3.63) is 4.91 Å². The third kappa shape index (κ3) is 3.11. The predicted molar refractivity (Wildman–Crippen MR) is 37.3 cm³/mol. The number of Topliss-reactive ketones (excluding diaryl/α,β-unsaturated/α-hetero) is 1. The molecule has 80 valence electrons. The van der Waals surface area contributed by atoms with Gasteiger partial charge in [0.2, 0.25) is 0 Å². The summed E-state index contributed by atoms with van der Waals surface area (Å²) in [6.07, 6.45) is -5.27. The van der Waals surface area contributed by atoms with E-state index in [1.165, 1.54) is 6.92 Å². The molecule has 0 aromatic carbocycles. The number of carbonyl (C=O) groups excluding carboxylic acids is 2. The molecule has 0 amide bonds. The van der Waals surface area contributed by atoms with Crippen LogP contribution < -0.4 is 0 Å². The minimum atomic E-state index is -5.27. The normalized spacial score (nSPS) is 13.1. The fraction of sp³-hybridized carbons (Fsp3) is 0.667. The molecule has 0 aromatic rings. The fourth-order valence-corrected chi connectivity index (χ4v) is 0.574. The first kappa shape index (κ1) is 12.5. The van der Waals surface area contributed by atoms with E-state index in [-0.39, 0.29) is 6.61 Å². The van der Waals surface area contributed by atoms with Gasteiger partial charge in [0.1, 0.15) is 0 Å². The average molecular weight is 213 g/mol.